The van der Waals surface area contributed by atoms with Crippen molar-refractivity contribution in [2.24, 2.45) is 0 Å². The summed E-state index contributed by atoms with van der Waals surface area (Å²) in [6, 6.07) is 8.01. The highest BCUT2D eigenvalue weighted by Crippen LogP contribution is 2.35. The Morgan fingerprint density at radius 3 is 2.84 bits per heavy atom. The van der Waals surface area contributed by atoms with Crippen LogP contribution in [-0.4, -0.2) is 17.2 Å². The maximum absolute atomic E-state index is 5.85. The summed E-state index contributed by atoms with van der Waals surface area (Å²) in [5.74, 6) is 2.09. The predicted octanol–water partition coefficient (Wildman–Crippen LogP) is 2.20. The minimum absolute atomic E-state index is 0.150. The van der Waals surface area contributed by atoms with Crippen molar-refractivity contribution in [2.45, 2.75) is 31.9 Å². The van der Waals surface area contributed by atoms with E-state index < -0.39 is 0 Å². The fraction of sp³-hybridized carbons (Fsp3) is 0.429. The summed E-state index contributed by atoms with van der Waals surface area (Å²) in [6.07, 6.45) is 0.636. The Balaban J connectivity index is 1.83. The molecule has 0 bridgehead atoms. The fourth-order valence-corrected chi connectivity index (χ4v) is 2.05. The summed E-state index contributed by atoms with van der Waals surface area (Å²) in [5.41, 5.74) is 0.850. The number of rotatable bonds is 3. The normalized spacial score (nSPS) is 18.2. The smallest absolute Gasteiger partial charge is 0.246 e. The molecule has 100 valence electrons. The molecular formula is C14H17N3O2. The molecule has 1 aromatic heterocycles. The van der Waals surface area contributed by atoms with E-state index in [2.05, 4.69) is 21.5 Å². The monoisotopic (exact) mass is 259 g/mol. The molecule has 5 heteroatoms. The number of hydrogen-bond donors (Lipinski definition) is 1. The predicted molar refractivity (Wildman–Crippen MR) is 69.9 cm³/mol. The van der Waals surface area contributed by atoms with Gasteiger partial charge in [0.15, 0.2) is 6.10 Å². The van der Waals surface area contributed by atoms with Crippen molar-refractivity contribution in [3.8, 4) is 5.75 Å². The summed E-state index contributed by atoms with van der Waals surface area (Å²) in [6.45, 7) is 3.99. The topological polar surface area (TPSA) is 60.2 Å². The van der Waals surface area contributed by atoms with Gasteiger partial charge in [-0.05, 0) is 32.5 Å². The van der Waals surface area contributed by atoms with Crippen molar-refractivity contribution in [1.29, 1.82) is 0 Å². The second kappa shape index (κ2) is 4.35. The molecule has 5 nitrogen and oxygen atoms in total. The van der Waals surface area contributed by atoms with Crippen molar-refractivity contribution >= 4 is 0 Å². The van der Waals surface area contributed by atoms with Gasteiger partial charge in [0.2, 0.25) is 11.7 Å². The van der Waals surface area contributed by atoms with Crippen LogP contribution in [-0.2, 0) is 12.0 Å². The summed E-state index contributed by atoms with van der Waals surface area (Å²) < 4.78 is 11.2. The van der Waals surface area contributed by atoms with Gasteiger partial charge in [0.25, 0.3) is 0 Å². The van der Waals surface area contributed by atoms with E-state index in [0.717, 1.165) is 12.2 Å². The molecule has 2 aromatic rings. The highest BCUT2D eigenvalue weighted by molar-refractivity contribution is 5.37. The molecule has 0 aliphatic carbocycles. The average Bonchev–Trinajstić information content (AvgIpc) is 3.05. The van der Waals surface area contributed by atoms with Crippen LogP contribution < -0.4 is 10.1 Å². The molecule has 0 saturated heterocycles. The van der Waals surface area contributed by atoms with Crippen LogP contribution in [0.15, 0.2) is 28.8 Å². The SMILES string of the molecule is CNC(C)(C)c1nc(C2Cc3ccccc3O2)no1. The van der Waals surface area contributed by atoms with Crippen LogP contribution in [0.3, 0.4) is 0 Å². The standard InChI is InChI=1S/C14H17N3O2/c1-14(2,15-3)13-16-12(17-19-13)11-8-9-6-4-5-7-10(9)18-11/h4-7,11,15H,8H2,1-3H3. The average molecular weight is 259 g/mol. The highest BCUT2D eigenvalue weighted by atomic mass is 16.5. The summed E-state index contributed by atoms with van der Waals surface area (Å²) in [7, 11) is 1.87. The molecule has 1 aromatic carbocycles. The van der Waals surface area contributed by atoms with Gasteiger partial charge in [-0.2, -0.15) is 4.98 Å². The van der Waals surface area contributed by atoms with E-state index >= 15 is 0 Å². The van der Waals surface area contributed by atoms with Crippen LogP contribution in [0.4, 0.5) is 0 Å². The van der Waals surface area contributed by atoms with Gasteiger partial charge in [-0.25, -0.2) is 0 Å². The molecule has 3 rings (SSSR count). The maximum Gasteiger partial charge on any atom is 0.246 e. The van der Waals surface area contributed by atoms with Gasteiger partial charge < -0.3 is 14.6 Å². The third-order valence-corrected chi connectivity index (χ3v) is 3.54. The quantitative estimate of drug-likeness (QED) is 0.915. The first-order valence-electron chi connectivity index (χ1n) is 6.38. The van der Waals surface area contributed by atoms with E-state index in [1.54, 1.807) is 0 Å². The molecule has 0 amide bonds. The molecule has 19 heavy (non-hydrogen) atoms. The third kappa shape index (κ3) is 2.10. The lowest BCUT2D eigenvalue weighted by molar-refractivity contribution is 0.219. The van der Waals surface area contributed by atoms with E-state index in [1.807, 2.05) is 39.1 Å². The first kappa shape index (κ1) is 12.2. The van der Waals surface area contributed by atoms with Crippen molar-refractivity contribution in [3.63, 3.8) is 0 Å². The van der Waals surface area contributed by atoms with Gasteiger partial charge in [-0.3, -0.25) is 0 Å². The minimum Gasteiger partial charge on any atom is -0.482 e. The number of aromatic nitrogens is 2. The van der Waals surface area contributed by atoms with Crippen molar-refractivity contribution in [1.82, 2.24) is 15.5 Å². The van der Waals surface area contributed by atoms with Crippen LogP contribution in [0, 0.1) is 0 Å². The minimum atomic E-state index is -0.337. The largest absolute Gasteiger partial charge is 0.482 e. The van der Waals surface area contributed by atoms with Gasteiger partial charge in [0.05, 0.1) is 5.54 Å². The zero-order valence-electron chi connectivity index (χ0n) is 11.3. The Kier molecular flexibility index (Phi) is 2.78. The molecule has 1 aliphatic heterocycles. The Morgan fingerprint density at radius 1 is 1.32 bits per heavy atom. The molecular weight excluding hydrogens is 242 g/mol. The number of benzene rings is 1. The zero-order chi connectivity index (χ0) is 13.5. The number of hydrogen-bond acceptors (Lipinski definition) is 5. The zero-order valence-corrected chi connectivity index (χ0v) is 11.3. The van der Waals surface area contributed by atoms with Crippen LogP contribution in [0.25, 0.3) is 0 Å². The van der Waals surface area contributed by atoms with Gasteiger partial charge >= 0.3 is 0 Å². The summed E-state index contributed by atoms with van der Waals surface area (Å²) in [4.78, 5) is 4.45. The lowest BCUT2D eigenvalue weighted by Gasteiger charge is -2.17. The lowest BCUT2D eigenvalue weighted by atomic mass is 10.1. The van der Waals surface area contributed by atoms with E-state index in [4.69, 9.17) is 9.26 Å². The van der Waals surface area contributed by atoms with Gasteiger partial charge in [0, 0.05) is 6.42 Å². The molecule has 0 radical (unpaired) electrons. The Hall–Kier alpha value is -1.88. The fourth-order valence-electron chi connectivity index (χ4n) is 2.05. The highest BCUT2D eigenvalue weighted by Gasteiger charge is 2.31. The summed E-state index contributed by atoms with van der Waals surface area (Å²) in [5, 5.41) is 7.19. The third-order valence-electron chi connectivity index (χ3n) is 3.54. The van der Waals surface area contributed by atoms with E-state index in [1.165, 1.54) is 5.56 Å². The lowest BCUT2D eigenvalue weighted by Crippen LogP contribution is -2.33. The molecule has 1 unspecified atom stereocenters. The van der Waals surface area contributed by atoms with Crippen molar-refractivity contribution in [2.75, 3.05) is 7.05 Å². The Morgan fingerprint density at radius 2 is 2.11 bits per heavy atom. The molecule has 1 N–H and O–H groups in total. The van der Waals surface area contributed by atoms with Gasteiger partial charge in [-0.15, -0.1) is 0 Å². The van der Waals surface area contributed by atoms with Crippen LogP contribution in [0.2, 0.25) is 0 Å². The van der Waals surface area contributed by atoms with Crippen LogP contribution >= 0.6 is 0 Å². The van der Waals surface area contributed by atoms with E-state index in [9.17, 15) is 0 Å². The summed E-state index contributed by atoms with van der Waals surface area (Å²) >= 11 is 0. The van der Waals surface area contributed by atoms with E-state index in [-0.39, 0.29) is 11.6 Å². The van der Waals surface area contributed by atoms with Crippen LogP contribution in [0.1, 0.15) is 37.2 Å². The van der Waals surface area contributed by atoms with Crippen LogP contribution in [0.5, 0.6) is 5.75 Å². The molecule has 2 heterocycles. The number of para-hydroxylation sites is 1. The maximum atomic E-state index is 5.85. The number of nitrogens with one attached hydrogen (secondary N) is 1. The first-order valence-corrected chi connectivity index (χ1v) is 6.38. The number of ether oxygens (including phenoxy) is 1. The molecule has 0 saturated carbocycles. The number of nitrogens with zero attached hydrogens (tertiary/aromatic N) is 2. The number of fused-ring (bicyclic) bond motifs is 1. The first-order chi connectivity index (χ1) is 9.10. The van der Waals surface area contributed by atoms with E-state index in [0.29, 0.717) is 11.7 Å². The molecule has 0 fully saturated rings. The second-order valence-electron chi connectivity index (χ2n) is 5.25. The van der Waals surface area contributed by atoms with Crippen molar-refractivity contribution in [3.05, 3.63) is 41.5 Å². The second-order valence-corrected chi connectivity index (χ2v) is 5.25. The molecule has 1 aliphatic rings. The Labute approximate surface area is 112 Å². The van der Waals surface area contributed by atoms with Gasteiger partial charge in [0.1, 0.15) is 5.75 Å². The Bertz CT molecular complexity index is 567. The molecule has 0 spiro atoms. The van der Waals surface area contributed by atoms with Gasteiger partial charge in [-0.1, -0.05) is 23.4 Å². The molecule has 1 atom stereocenters. The van der Waals surface area contributed by atoms with Crippen molar-refractivity contribution < 1.29 is 9.26 Å².